The molecule has 29 heavy (non-hydrogen) atoms. The van der Waals surface area contributed by atoms with Crippen LogP contribution in [0.25, 0.3) is 22.6 Å². The molecule has 2 aromatic heterocycles. The number of amides is 1. The molecule has 1 N–H and O–H groups in total. The molecule has 4 rings (SSSR count). The molecule has 0 saturated heterocycles. The summed E-state index contributed by atoms with van der Waals surface area (Å²) in [6.45, 7) is 4.06. The van der Waals surface area contributed by atoms with Gasteiger partial charge in [0.05, 0.1) is 11.3 Å². The Morgan fingerprint density at radius 1 is 0.862 bits per heavy atom. The first-order valence-corrected chi connectivity index (χ1v) is 9.33. The van der Waals surface area contributed by atoms with Crippen molar-refractivity contribution in [2.75, 3.05) is 5.32 Å². The lowest BCUT2D eigenvalue weighted by Gasteiger charge is -2.12. The highest BCUT2D eigenvalue weighted by Crippen LogP contribution is 2.25. The Labute approximate surface area is 169 Å². The Morgan fingerprint density at radius 2 is 1.62 bits per heavy atom. The van der Waals surface area contributed by atoms with Gasteiger partial charge in [0.1, 0.15) is 0 Å². The van der Waals surface area contributed by atoms with Crippen LogP contribution >= 0.6 is 0 Å². The van der Waals surface area contributed by atoms with Crippen LogP contribution in [0.3, 0.4) is 0 Å². The Bertz CT molecular complexity index is 1160. The molecule has 1 amide bonds. The largest absolute Gasteiger partial charge is 0.322 e. The van der Waals surface area contributed by atoms with Gasteiger partial charge in [-0.15, -0.1) is 0 Å². The van der Waals surface area contributed by atoms with Crippen molar-refractivity contribution < 1.29 is 4.79 Å². The molecule has 2 aromatic carbocycles. The zero-order valence-electron chi connectivity index (χ0n) is 16.3. The van der Waals surface area contributed by atoms with Gasteiger partial charge in [-0.1, -0.05) is 36.4 Å². The average molecular weight is 380 g/mol. The molecule has 0 spiro atoms. The minimum atomic E-state index is -0.250. The van der Waals surface area contributed by atoms with E-state index in [1.165, 1.54) is 5.56 Å². The maximum atomic E-state index is 13.0. The summed E-state index contributed by atoms with van der Waals surface area (Å²) < 4.78 is 0. The van der Waals surface area contributed by atoms with Crippen molar-refractivity contribution in [2.45, 2.75) is 13.8 Å². The normalized spacial score (nSPS) is 10.6. The molecular formula is C24H20N4O. The molecule has 0 bridgehead atoms. The minimum absolute atomic E-state index is 0.250. The van der Waals surface area contributed by atoms with Crippen LogP contribution < -0.4 is 5.32 Å². The third kappa shape index (κ3) is 4.04. The van der Waals surface area contributed by atoms with E-state index in [4.69, 9.17) is 4.98 Å². The van der Waals surface area contributed by atoms with Crippen molar-refractivity contribution in [2.24, 2.45) is 0 Å². The highest BCUT2D eigenvalue weighted by atomic mass is 16.1. The zero-order chi connectivity index (χ0) is 20.2. The summed E-state index contributed by atoms with van der Waals surface area (Å²) in [5, 5.41) is 2.96. The highest BCUT2D eigenvalue weighted by Gasteiger charge is 2.17. The molecular weight excluding hydrogens is 360 g/mol. The fourth-order valence-corrected chi connectivity index (χ4v) is 3.02. The van der Waals surface area contributed by atoms with Gasteiger partial charge in [-0.05, 0) is 49.2 Å². The first-order valence-electron chi connectivity index (χ1n) is 9.33. The molecule has 0 aliphatic carbocycles. The smallest absolute Gasteiger partial charge is 0.259 e. The molecule has 0 fully saturated rings. The number of carbonyl (C=O) groups excluding carboxylic acids is 1. The maximum Gasteiger partial charge on any atom is 0.259 e. The summed E-state index contributed by atoms with van der Waals surface area (Å²) in [4.78, 5) is 26.3. The van der Waals surface area contributed by atoms with E-state index in [1.54, 1.807) is 18.6 Å². The Balaban J connectivity index is 1.75. The van der Waals surface area contributed by atoms with Crippen molar-refractivity contribution in [3.8, 4) is 22.6 Å². The van der Waals surface area contributed by atoms with Crippen LogP contribution in [0.15, 0.2) is 79.3 Å². The maximum absolute atomic E-state index is 13.0. The van der Waals surface area contributed by atoms with E-state index in [2.05, 4.69) is 15.3 Å². The van der Waals surface area contributed by atoms with Crippen LogP contribution in [0.5, 0.6) is 0 Å². The fraction of sp³-hybridized carbons (Fsp3) is 0.0833. The van der Waals surface area contributed by atoms with Crippen LogP contribution in [0.2, 0.25) is 0 Å². The van der Waals surface area contributed by atoms with Crippen molar-refractivity contribution in [3.63, 3.8) is 0 Å². The van der Waals surface area contributed by atoms with E-state index < -0.39 is 0 Å². The van der Waals surface area contributed by atoms with Gasteiger partial charge in [-0.2, -0.15) is 0 Å². The Kier molecular flexibility index (Phi) is 5.12. The van der Waals surface area contributed by atoms with Crippen molar-refractivity contribution in [3.05, 3.63) is 95.9 Å². The summed E-state index contributed by atoms with van der Waals surface area (Å²) in [7, 11) is 0. The van der Waals surface area contributed by atoms with Crippen LogP contribution in [0.1, 0.15) is 21.5 Å². The monoisotopic (exact) mass is 380 g/mol. The van der Waals surface area contributed by atoms with Gasteiger partial charge in [0.25, 0.3) is 5.91 Å². The van der Waals surface area contributed by atoms with E-state index in [1.807, 2.05) is 74.5 Å². The van der Waals surface area contributed by atoms with Crippen LogP contribution in [-0.4, -0.2) is 20.9 Å². The zero-order valence-corrected chi connectivity index (χ0v) is 16.3. The van der Waals surface area contributed by atoms with Gasteiger partial charge in [-0.25, -0.2) is 9.97 Å². The lowest BCUT2D eigenvalue weighted by molar-refractivity contribution is 0.102. The molecule has 0 radical (unpaired) electrons. The second-order valence-corrected chi connectivity index (χ2v) is 6.81. The molecule has 5 nitrogen and oxygen atoms in total. The molecule has 142 valence electrons. The third-order valence-electron chi connectivity index (χ3n) is 4.78. The second-order valence-electron chi connectivity index (χ2n) is 6.81. The number of hydrogen-bond donors (Lipinski definition) is 1. The summed E-state index contributed by atoms with van der Waals surface area (Å²) in [6, 6.07) is 19.2. The van der Waals surface area contributed by atoms with E-state index >= 15 is 0 Å². The topological polar surface area (TPSA) is 67.8 Å². The van der Waals surface area contributed by atoms with E-state index in [0.717, 1.165) is 22.4 Å². The first-order chi connectivity index (χ1) is 14.1. The van der Waals surface area contributed by atoms with Gasteiger partial charge in [0.15, 0.2) is 5.82 Å². The van der Waals surface area contributed by atoms with Gasteiger partial charge >= 0.3 is 0 Å². The van der Waals surface area contributed by atoms with Gasteiger partial charge in [0.2, 0.25) is 0 Å². The number of nitrogens with zero attached hydrogens (tertiary/aromatic N) is 3. The lowest BCUT2D eigenvalue weighted by atomic mass is 10.1. The van der Waals surface area contributed by atoms with Gasteiger partial charge < -0.3 is 5.32 Å². The van der Waals surface area contributed by atoms with Crippen molar-refractivity contribution in [1.82, 2.24) is 15.0 Å². The second kappa shape index (κ2) is 8.02. The van der Waals surface area contributed by atoms with E-state index in [9.17, 15) is 4.79 Å². The van der Waals surface area contributed by atoms with Crippen LogP contribution in [0.4, 0.5) is 5.69 Å². The summed E-state index contributed by atoms with van der Waals surface area (Å²) >= 11 is 0. The summed E-state index contributed by atoms with van der Waals surface area (Å²) in [5.41, 5.74) is 5.72. The molecule has 4 aromatic rings. The number of pyridine rings is 1. The lowest BCUT2D eigenvalue weighted by Crippen LogP contribution is -2.15. The van der Waals surface area contributed by atoms with Crippen molar-refractivity contribution >= 4 is 11.6 Å². The van der Waals surface area contributed by atoms with Crippen LogP contribution in [0, 0.1) is 13.8 Å². The molecule has 0 aliphatic heterocycles. The quantitative estimate of drug-likeness (QED) is 0.536. The highest BCUT2D eigenvalue weighted by molar-refractivity contribution is 6.08. The minimum Gasteiger partial charge on any atom is -0.322 e. The van der Waals surface area contributed by atoms with E-state index in [0.29, 0.717) is 17.1 Å². The van der Waals surface area contributed by atoms with Gasteiger partial charge in [-0.3, -0.25) is 9.78 Å². The summed E-state index contributed by atoms with van der Waals surface area (Å²) in [6.07, 6.45) is 4.96. The number of nitrogens with one attached hydrogen (secondary N) is 1. The number of aryl methyl sites for hydroxylation is 2. The number of aromatic nitrogens is 3. The molecule has 0 saturated carbocycles. The molecule has 2 heterocycles. The number of hydrogen-bond acceptors (Lipinski definition) is 4. The third-order valence-corrected chi connectivity index (χ3v) is 4.78. The number of anilines is 1. The summed E-state index contributed by atoms with van der Waals surface area (Å²) in [5.74, 6) is 0.319. The number of carbonyl (C=O) groups is 1. The number of rotatable bonds is 4. The van der Waals surface area contributed by atoms with Gasteiger partial charge in [0, 0.05) is 35.4 Å². The Hall–Kier alpha value is -3.86. The van der Waals surface area contributed by atoms with E-state index in [-0.39, 0.29) is 5.91 Å². The Morgan fingerprint density at radius 3 is 2.34 bits per heavy atom. The predicted molar refractivity (Wildman–Crippen MR) is 115 cm³/mol. The predicted octanol–water partition coefficient (Wildman–Crippen LogP) is 5.07. The fourth-order valence-electron chi connectivity index (χ4n) is 3.02. The molecule has 0 aliphatic rings. The standard InChI is InChI=1S/C24H20N4O/c1-16-8-9-20(14-17(16)2)27-24(29)21-15-26-23(19-6-4-3-5-7-19)28-22(21)18-10-12-25-13-11-18/h3-15H,1-2H3,(H,27,29). The molecule has 0 atom stereocenters. The molecule has 5 heteroatoms. The first kappa shape index (κ1) is 18.5. The molecule has 0 unspecified atom stereocenters. The average Bonchev–Trinajstić information content (AvgIpc) is 2.77. The SMILES string of the molecule is Cc1ccc(NC(=O)c2cnc(-c3ccccc3)nc2-c2ccncc2)cc1C. The van der Waals surface area contributed by atoms with Crippen LogP contribution in [-0.2, 0) is 0 Å². The van der Waals surface area contributed by atoms with Crippen molar-refractivity contribution in [1.29, 1.82) is 0 Å². The number of benzene rings is 2.